The van der Waals surface area contributed by atoms with Crippen LogP contribution in [0.2, 0.25) is 0 Å². The molecule has 2 aromatic carbocycles. The summed E-state index contributed by atoms with van der Waals surface area (Å²) in [6.07, 6.45) is 18.7. The van der Waals surface area contributed by atoms with Crippen LogP contribution in [-0.2, 0) is 23.1 Å². The molecule has 0 saturated carbocycles. The number of carbonyl (C=O) groups excluding carboxylic acids is 1. The molecule has 3 nitrogen and oxygen atoms in total. The van der Waals surface area contributed by atoms with Crippen molar-refractivity contribution >= 4 is 22.4 Å². The van der Waals surface area contributed by atoms with Gasteiger partial charge in [0, 0.05) is 23.1 Å². The van der Waals surface area contributed by atoms with Gasteiger partial charge in [0.2, 0.25) is 5.91 Å². The summed E-state index contributed by atoms with van der Waals surface area (Å²) in [6, 6.07) is 17.9. The smallest absolute Gasteiger partial charge is 0.233 e. The van der Waals surface area contributed by atoms with Crippen molar-refractivity contribution < 1.29 is 4.79 Å². The van der Waals surface area contributed by atoms with E-state index in [4.69, 9.17) is 4.98 Å². The van der Waals surface area contributed by atoms with Crippen LogP contribution < -0.4 is 5.32 Å². The van der Waals surface area contributed by atoms with Crippen LogP contribution in [0.25, 0.3) is 0 Å². The van der Waals surface area contributed by atoms with E-state index < -0.39 is 5.41 Å². The van der Waals surface area contributed by atoms with E-state index in [1.807, 2.05) is 0 Å². The van der Waals surface area contributed by atoms with Gasteiger partial charge in [-0.25, -0.2) is 4.98 Å². The molecule has 4 aliphatic carbocycles. The van der Waals surface area contributed by atoms with Crippen LogP contribution in [0.1, 0.15) is 119 Å². The number of aryl methyl sites for hydroxylation is 1. The van der Waals surface area contributed by atoms with E-state index in [1.165, 1.54) is 66.4 Å². The summed E-state index contributed by atoms with van der Waals surface area (Å²) in [5, 5.41) is 6.10. The van der Waals surface area contributed by atoms with Gasteiger partial charge in [0.15, 0.2) is 5.13 Å². The summed E-state index contributed by atoms with van der Waals surface area (Å²) in [4.78, 5) is 19.1. The summed E-state index contributed by atoms with van der Waals surface area (Å²) in [6.45, 7) is 6.77. The number of nitrogens with zero attached hydrogens (tertiary/aromatic N) is 1. The van der Waals surface area contributed by atoms with Crippen LogP contribution in [0.15, 0.2) is 77.2 Å². The summed E-state index contributed by atoms with van der Waals surface area (Å²) in [5.74, 6) is 0.188. The predicted octanol–water partition coefficient (Wildman–Crippen LogP) is 10.1. The lowest BCUT2D eigenvalue weighted by Crippen LogP contribution is -2.54. The fraction of sp³-hybridized carbons (Fsp3) is 0.474. The molecule has 1 amide bonds. The first-order valence-corrected chi connectivity index (χ1v) is 17.2. The molecule has 1 N–H and O–H groups in total. The predicted molar refractivity (Wildman–Crippen MR) is 176 cm³/mol. The zero-order valence-electron chi connectivity index (χ0n) is 25.7. The highest BCUT2D eigenvalue weighted by atomic mass is 32.1. The average molecular weight is 579 g/mol. The molecule has 4 heteroatoms. The Morgan fingerprint density at radius 2 is 1.76 bits per heavy atom. The van der Waals surface area contributed by atoms with E-state index in [-0.39, 0.29) is 17.2 Å². The van der Waals surface area contributed by atoms with Crippen LogP contribution in [0.5, 0.6) is 0 Å². The summed E-state index contributed by atoms with van der Waals surface area (Å²) < 4.78 is 0. The van der Waals surface area contributed by atoms with Crippen LogP contribution in [0, 0.1) is 5.41 Å². The Morgan fingerprint density at radius 1 is 1.00 bits per heavy atom. The van der Waals surface area contributed by atoms with Crippen LogP contribution in [0.4, 0.5) is 5.13 Å². The highest BCUT2D eigenvalue weighted by molar-refractivity contribution is 7.13. The van der Waals surface area contributed by atoms with Crippen LogP contribution in [0.3, 0.4) is 0 Å². The van der Waals surface area contributed by atoms with Gasteiger partial charge < -0.3 is 5.32 Å². The van der Waals surface area contributed by atoms with E-state index in [0.29, 0.717) is 5.13 Å². The van der Waals surface area contributed by atoms with E-state index in [0.717, 1.165) is 44.2 Å². The minimum Gasteiger partial charge on any atom is -0.301 e. The third-order valence-corrected chi connectivity index (χ3v) is 11.1. The zero-order valence-corrected chi connectivity index (χ0v) is 26.5. The Morgan fingerprint density at radius 3 is 2.57 bits per heavy atom. The molecule has 0 fully saturated rings. The maximum atomic E-state index is 14.2. The Hall–Kier alpha value is -2.98. The molecule has 3 aromatic rings. The highest BCUT2D eigenvalue weighted by Gasteiger charge is 2.60. The van der Waals surface area contributed by atoms with E-state index in [1.54, 1.807) is 16.9 Å². The lowest BCUT2D eigenvalue weighted by atomic mass is 9.45. The maximum absolute atomic E-state index is 14.2. The van der Waals surface area contributed by atoms with Crippen LogP contribution in [-0.4, -0.2) is 10.9 Å². The minimum absolute atomic E-state index is 0.0627. The molecule has 3 atom stereocenters. The second-order valence-electron chi connectivity index (χ2n) is 13.0. The van der Waals surface area contributed by atoms with Gasteiger partial charge in [-0.2, -0.15) is 0 Å². The van der Waals surface area contributed by atoms with Gasteiger partial charge in [-0.3, -0.25) is 4.79 Å². The number of hydrogen-bond donors (Lipinski definition) is 1. The number of thiazole rings is 1. The molecule has 0 saturated heterocycles. The maximum Gasteiger partial charge on any atom is 0.233 e. The number of allylic oxidation sites excluding steroid dienone is 4. The van der Waals surface area contributed by atoms with Gasteiger partial charge in [0.1, 0.15) is 0 Å². The number of carbonyl (C=O) groups is 1. The molecule has 0 spiro atoms. The second-order valence-corrected chi connectivity index (χ2v) is 13.9. The molecule has 3 unspecified atom stereocenters. The fourth-order valence-electron chi connectivity index (χ4n) is 8.17. The summed E-state index contributed by atoms with van der Waals surface area (Å²) in [7, 11) is 0. The van der Waals surface area contributed by atoms with Crippen molar-refractivity contribution in [3.8, 4) is 0 Å². The molecular formula is C38H46N2OS. The molecule has 0 radical (unpaired) electrons. The number of fused-ring (bicyclic) bond motifs is 1. The van der Waals surface area contributed by atoms with E-state index in [9.17, 15) is 4.79 Å². The number of benzene rings is 2. The number of anilines is 1. The van der Waals surface area contributed by atoms with Gasteiger partial charge in [-0.05, 0) is 73.3 Å². The lowest BCUT2D eigenvalue weighted by Gasteiger charge is -2.58. The molecule has 1 heterocycles. The van der Waals surface area contributed by atoms with Crippen molar-refractivity contribution in [2.24, 2.45) is 5.41 Å². The number of amides is 1. The Kier molecular flexibility index (Phi) is 8.54. The SMILES string of the molecule is CCCCCCCCc1ccc(Cc2csc(NC(=O)C3(C)CC4(CC)C5=C(C=CCC5)C3c3ccccc34)n2)cc1. The molecule has 7 rings (SSSR count). The Balaban J connectivity index is 1.13. The Bertz CT molecular complexity index is 1480. The van der Waals surface area contributed by atoms with Gasteiger partial charge in [-0.1, -0.05) is 112 Å². The minimum atomic E-state index is -0.525. The number of hydrogen-bond acceptors (Lipinski definition) is 3. The zero-order chi connectivity index (χ0) is 29.2. The van der Waals surface area contributed by atoms with Crippen molar-refractivity contribution in [2.45, 2.75) is 109 Å². The first kappa shape index (κ1) is 29.1. The third kappa shape index (κ3) is 5.32. The van der Waals surface area contributed by atoms with Gasteiger partial charge >= 0.3 is 0 Å². The number of rotatable bonds is 12. The topological polar surface area (TPSA) is 42.0 Å². The largest absolute Gasteiger partial charge is 0.301 e. The van der Waals surface area contributed by atoms with Crippen molar-refractivity contribution in [2.75, 3.05) is 5.32 Å². The monoisotopic (exact) mass is 578 g/mol. The summed E-state index contributed by atoms with van der Waals surface area (Å²) >= 11 is 1.55. The first-order valence-electron chi connectivity index (χ1n) is 16.3. The lowest BCUT2D eigenvalue weighted by molar-refractivity contribution is -0.127. The van der Waals surface area contributed by atoms with Crippen molar-refractivity contribution in [1.82, 2.24) is 4.98 Å². The Labute approximate surface area is 256 Å². The standard InChI is InChI=1S/C38H46N2OS/c1-4-6-7-8-9-10-15-27-20-22-28(23-21-27)24-29-25-42-36(39-29)40-35(41)37(3)26-38(5-2)32-18-13-11-16-30(32)34(37)31-17-12-14-19-33(31)38/h11-13,16-18,20-23,25,34H,4-10,14-15,19,24,26H2,1-3H3,(H,39,40,41). The van der Waals surface area contributed by atoms with Crippen LogP contribution >= 0.6 is 11.3 Å². The molecule has 220 valence electrons. The highest BCUT2D eigenvalue weighted by Crippen LogP contribution is 2.66. The second kappa shape index (κ2) is 12.3. The molecule has 2 bridgehead atoms. The normalized spacial score (nSPS) is 24.0. The number of unbranched alkanes of at least 4 members (excludes halogenated alkanes) is 5. The van der Waals surface area contributed by atoms with Gasteiger partial charge in [-0.15, -0.1) is 11.3 Å². The molecule has 42 heavy (non-hydrogen) atoms. The fourth-order valence-corrected chi connectivity index (χ4v) is 8.87. The quantitative estimate of drug-likeness (QED) is 0.217. The van der Waals surface area contributed by atoms with Crippen molar-refractivity contribution in [1.29, 1.82) is 0 Å². The third-order valence-electron chi connectivity index (χ3n) is 10.3. The van der Waals surface area contributed by atoms with Crippen molar-refractivity contribution in [3.63, 3.8) is 0 Å². The van der Waals surface area contributed by atoms with E-state index >= 15 is 0 Å². The molecule has 4 aliphatic rings. The summed E-state index contributed by atoms with van der Waals surface area (Å²) in [5.41, 5.74) is 8.89. The number of nitrogens with one attached hydrogen (secondary N) is 1. The van der Waals surface area contributed by atoms with Gasteiger partial charge in [0.05, 0.1) is 11.1 Å². The first-order chi connectivity index (χ1) is 20.5. The van der Waals surface area contributed by atoms with Crippen molar-refractivity contribution in [3.05, 3.63) is 105 Å². The molecule has 0 aliphatic heterocycles. The molecule has 1 aromatic heterocycles. The van der Waals surface area contributed by atoms with Gasteiger partial charge in [0.25, 0.3) is 0 Å². The average Bonchev–Trinajstić information content (AvgIpc) is 3.46. The number of aromatic nitrogens is 1. The molecular weight excluding hydrogens is 532 g/mol. The van der Waals surface area contributed by atoms with E-state index in [2.05, 4.69) is 92.2 Å².